The maximum atomic E-state index is 6.36. The van der Waals surface area contributed by atoms with Crippen molar-refractivity contribution in [3.8, 4) is 0 Å². The molecule has 1 aliphatic carbocycles. The lowest BCUT2D eigenvalue weighted by atomic mass is 9.81. The van der Waals surface area contributed by atoms with Crippen molar-refractivity contribution in [3.05, 3.63) is 80.8 Å². The average Bonchev–Trinajstić information content (AvgIpc) is 2.38. The van der Waals surface area contributed by atoms with E-state index in [1.165, 1.54) is 16.7 Å². The first-order chi connectivity index (χ1) is 9.15. The van der Waals surface area contributed by atoms with Gasteiger partial charge in [-0.25, -0.2) is 0 Å². The lowest BCUT2D eigenvalue weighted by molar-refractivity contribution is 0.915. The molecule has 0 aliphatic heterocycles. The van der Waals surface area contributed by atoms with Crippen LogP contribution in [0.4, 0.5) is 0 Å². The van der Waals surface area contributed by atoms with E-state index in [9.17, 15) is 0 Å². The molecule has 0 aromatic heterocycles. The zero-order chi connectivity index (χ0) is 13.4. The van der Waals surface area contributed by atoms with Gasteiger partial charge in [0, 0.05) is 16.0 Å². The second-order valence-electron chi connectivity index (χ2n) is 5.03. The molecule has 96 valence electrons. The van der Waals surface area contributed by atoms with Gasteiger partial charge < -0.3 is 0 Å². The first kappa shape index (κ1) is 12.8. The van der Waals surface area contributed by atoms with Gasteiger partial charge in [0.25, 0.3) is 0 Å². The van der Waals surface area contributed by atoms with Gasteiger partial charge in [-0.1, -0.05) is 65.2 Å². The molecule has 0 heterocycles. The molecule has 0 fully saturated rings. The molecule has 1 unspecified atom stereocenters. The van der Waals surface area contributed by atoms with Crippen LogP contribution in [0.5, 0.6) is 0 Å². The van der Waals surface area contributed by atoms with E-state index < -0.39 is 0 Å². The summed E-state index contributed by atoms with van der Waals surface area (Å²) < 4.78 is 0. The molecule has 0 nitrogen and oxygen atoms in total. The number of fused-ring (bicyclic) bond motifs is 1. The summed E-state index contributed by atoms with van der Waals surface area (Å²) >= 11 is 12.3. The van der Waals surface area contributed by atoms with Crippen LogP contribution in [0.1, 0.15) is 29.5 Å². The fourth-order valence-corrected chi connectivity index (χ4v) is 3.27. The summed E-state index contributed by atoms with van der Waals surface area (Å²) in [5, 5.41) is 1.41. The van der Waals surface area contributed by atoms with Crippen LogP contribution < -0.4 is 0 Å². The quantitative estimate of drug-likeness (QED) is 0.597. The number of allylic oxidation sites excluding steroid dienone is 2. The molecule has 0 amide bonds. The number of hydrogen-bond donors (Lipinski definition) is 0. The molecule has 0 radical (unpaired) electrons. The standard InChI is InChI=1S/C17H14Cl2/c1-11-8-12-4-2-3-5-14(12)16(9-11)15-7-6-13(18)10-17(15)19/h2-7,9-10,16H,8H2,1H3. The molecule has 2 heteroatoms. The summed E-state index contributed by atoms with van der Waals surface area (Å²) in [6, 6.07) is 14.3. The minimum Gasteiger partial charge on any atom is -0.0843 e. The molecule has 2 aromatic rings. The summed E-state index contributed by atoms with van der Waals surface area (Å²) in [6.45, 7) is 2.17. The third-order valence-corrected chi connectivity index (χ3v) is 4.17. The highest BCUT2D eigenvalue weighted by Gasteiger charge is 2.21. The number of benzene rings is 2. The Balaban J connectivity index is 2.15. The molecule has 19 heavy (non-hydrogen) atoms. The first-order valence-corrected chi connectivity index (χ1v) is 7.11. The lowest BCUT2D eigenvalue weighted by Crippen LogP contribution is -2.09. The van der Waals surface area contributed by atoms with Gasteiger partial charge in [0.1, 0.15) is 0 Å². The summed E-state index contributed by atoms with van der Waals surface area (Å²) in [5.41, 5.74) is 5.24. The number of rotatable bonds is 1. The molecule has 0 N–H and O–H groups in total. The lowest BCUT2D eigenvalue weighted by Gasteiger charge is -2.24. The van der Waals surface area contributed by atoms with Gasteiger partial charge in [0.05, 0.1) is 0 Å². The highest BCUT2D eigenvalue weighted by molar-refractivity contribution is 6.35. The fourth-order valence-electron chi connectivity index (χ4n) is 2.74. The molecule has 0 saturated heterocycles. The molecule has 3 rings (SSSR count). The van der Waals surface area contributed by atoms with Crippen LogP contribution in [0.15, 0.2) is 54.1 Å². The van der Waals surface area contributed by atoms with E-state index in [1.54, 1.807) is 0 Å². The van der Waals surface area contributed by atoms with Crippen molar-refractivity contribution >= 4 is 23.2 Å². The van der Waals surface area contributed by atoms with Crippen molar-refractivity contribution in [3.63, 3.8) is 0 Å². The van der Waals surface area contributed by atoms with Gasteiger partial charge in [0.15, 0.2) is 0 Å². The van der Waals surface area contributed by atoms with Crippen LogP contribution in [0, 0.1) is 0 Å². The molecule has 1 atom stereocenters. The predicted octanol–water partition coefficient (Wildman–Crippen LogP) is 5.63. The number of halogens is 2. The summed E-state index contributed by atoms with van der Waals surface area (Å²) in [6.07, 6.45) is 3.33. The Morgan fingerprint density at radius 3 is 2.58 bits per heavy atom. The van der Waals surface area contributed by atoms with E-state index in [-0.39, 0.29) is 5.92 Å². The zero-order valence-corrected chi connectivity index (χ0v) is 12.2. The van der Waals surface area contributed by atoms with E-state index in [0.29, 0.717) is 5.02 Å². The SMILES string of the molecule is CC1=CC(c2ccc(Cl)cc2Cl)c2ccccc2C1. The van der Waals surface area contributed by atoms with E-state index >= 15 is 0 Å². The Bertz CT molecular complexity index is 656. The molecule has 0 spiro atoms. The summed E-state index contributed by atoms with van der Waals surface area (Å²) in [7, 11) is 0. The summed E-state index contributed by atoms with van der Waals surface area (Å²) in [4.78, 5) is 0. The van der Waals surface area contributed by atoms with E-state index in [4.69, 9.17) is 23.2 Å². The van der Waals surface area contributed by atoms with Crippen LogP contribution in [-0.2, 0) is 6.42 Å². The van der Waals surface area contributed by atoms with E-state index in [1.807, 2.05) is 18.2 Å². The summed E-state index contributed by atoms with van der Waals surface area (Å²) in [5.74, 6) is 0.231. The Labute approximate surface area is 123 Å². The van der Waals surface area contributed by atoms with Crippen molar-refractivity contribution in [1.82, 2.24) is 0 Å². The zero-order valence-electron chi connectivity index (χ0n) is 10.7. The minimum atomic E-state index is 0.231. The maximum absolute atomic E-state index is 6.36. The Hall–Kier alpha value is -1.24. The van der Waals surface area contributed by atoms with E-state index in [2.05, 4.69) is 37.3 Å². The van der Waals surface area contributed by atoms with Crippen LogP contribution in [0.25, 0.3) is 0 Å². The Morgan fingerprint density at radius 1 is 1.00 bits per heavy atom. The van der Waals surface area contributed by atoms with Gasteiger partial charge in [-0.05, 0) is 42.2 Å². The van der Waals surface area contributed by atoms with Crippen molar-refractivity contribution in [2.75, 3.05) is 0 Å². The van der Waals surface area contributed by atoms with Gasteiger partial charge in [-0.2, -0.15) is 0 Å². The molecule has 2 aromatic carbocycles. The van der Waals surface area contributed by atoms with Crippen molar-refractivity contribution < 1.29 is 0 Å². The Kier molecular flexibility index (Phi) is 3.38. The van der Waals surface area contributed by atoms with Crippen LogP contribution >= 0.6 is 23.2 Å². The number of hydrogen-bond acceptors (Lipinski definition) is 0. The second-order valence-corrected chi connectivity index (χ2v) is 5.88. The highest BCUT2D eigenvalue weighted by Crippen LogP contribution is 2.38. The topological polar surface area (TPSA) is 0 Å². The first-order valence-electron chi connectivity index (χ1n) is 6.35. The van der Waals surface area contributed by atoms with Crippen molar-refractivity contribution in [1.29, 1.82) is 0 Å². The fraction of sp³-hybridized carbons (Fsp3) is 0.176. The smallest absolute Gasteiger partial charge is 0.0462 e. The van der Waals surface area contributed by atoms with Gasteiger partial charge >= 0.3 is 0 Å². The van der Waals surface area contributed by atoms with Crippen molar-refractivity contribution in [2.24, 2.45) is 0 Å². The molecular formula is C17H14Cl2. The van der Waals surface area contributed by atoms with Crippen LogP contribution in [0.3, 0.4) is 0 Å². The maximum Gasteiger partial charge on any atom is 0.0462 e. The highest BCUT2D eigenvalue weighted by atomic mass is 35.5. The van der Waals surface area contributed by atoms with E-state index in [0.717, 1.165) is 17.0 Å². The van der Waals surface area contributed by atoms with Crippen LogP contribution in [-0.4, -0.2) is 0 Å². The van der Waals surface area contributed by atoms with Crippen LogP contribution in [0.2, 0.25) is 10.0 Å². The van der Waals surface area contributed by atoms with Gasteiger partial charge in [-0.3, -0.25) is 0 Å². The normalized spacial score (nSPS) is 17.8. The van der Waals surface area contributed by atoms with Gasteiger partial charge in [-0.15, -0.1) is 0 Å². The molecular weight excluding hydrogens is 275 g/mol. The van der Waals surface area contributed by atoms with Crippen molar-refractivity contribution in [2.45, 2.75) is 19.3 Å². The van der Waals surface area contributed by atoms with Gasteiger partial charge in [0.2, 0.25) is 0 Å². The molecule has 0 saturated carbocycles. The third-order valence-electron chi connectivity index (χ3n) is 3.61. The largest absolute Gasteiger partial charge is 0.0843 e. The predicted molar refractivity (Wildman–Crippen MR) is 82.2 cm³/mol. The third kappa shape index (κ3) is 2.43. The Morgan fingerprint density at radius 2 is 1.79 bits per heavy atom. The minimum absolute atomic E-state index is 0.231. The monoisotopic (exact) mass is 288 g/mol. The second kappa shape index (κ2) is 5.03. The average molecular weight is 289 g/mol. The molecule has 0 bridgehead atoms. The molecule has 1 aliphatic rings.